The molecule has 2 aromatic rings. The van der Waals surface area contributed by atoms with Crippen molar-refractivity contribution in [2.75, 3.05) is 6.54 Å². The van der Waals surface area contributed by atoms with Gasteiger partial charge < -0.3 is 14.6 Å². The number of benzene rings is 1. The number of hydrogen-bond donors (Lipinski definition) is 1. The van der Waals surface area contributed by atoms with Crippen molar-refractivity contribution in [1.29, 1.82) is 0 Å². The Kier molecular flexibility index (Phi) is 4.15. The van der Waals surface area contributed by atoms with E-state index in [1.165, 1.54) is 22.6 Å². The van der Waals surface area contributed by atoms with E-state index >= 15 is 0 Å². The Balaban J connectivity index is 1.97. The molecule has 0 spiro atoms. The number of Topliss-reactive ketones (excluding diaryl/α,β-unsaturated/α-hetero) is 1. The predicted molar refractivity (Wildman–Crippen MR) is 88.6 cm³/mol. The molecule has 2 heterocycles. The molecule has 0 saturated carbocycles. The fourth-order valence-electron chi connectivity index (χ4n) is 2.79. The van der Waals surface area contributed by atoms with Crippen LogP contribution in [0.4, 0.5) is 0 Å². The maximum atomic E-state index is 12.6. The molecule has 0 atom stereocenters. The Morgan fingerprint density at radius 2 is 2.04 bits per heavy atom. The van der Waals surface area contributed by atoms with E-state index in [1.807, 2.05) is 6.07 Å². The summed E-state index contributed by atoms with van der Waals surface area (Å²) in [4.78, 5) is 37.7. The summed E-state index contributed by atoms with van der Waals surface area (Å²) in [6, 6.07) is 7.14. The van der Waals surface area contributed by atoms with Crippen LogP contribution in [0.5, 0.6) is 5.75 Å². The van der Waals surface area contributed by atoms with Gasteiger partial charge >= 0.3 is 0 Å². The van der Waals surface area contributed by atoms with Crippen LogP contribution in [0.15, 0.2) is 35.3 Å². The van der Waals surface area contributed by atoms with E-state index in [2.05, 4.69) is 0 Å². The minimum absolute atomic E-state index is 0.0849. The first kappa shape index (κ1) is 16.3. The molecule has 0 fully saturated rings. The highest BCUT2D eigenvalue weighted by molar-refractivity contribution is 6.30. The highest BCUT2D eigenvalue weighted by Gasteiger charge is 2.30. The van der Waals surface area contributed by atoms with Gasteiger partial charge in [-0.1, -0.05) is 23.7 Å². The maximum absolute atomic E-state index is 12.6. The highest BCUT2D eigenvalue weighted by atomic mass is 35.5. The monoisotopic (exact) mass is 346 g/mol. The minimum atomic E-state index is -0.813. The fraction of sp³-hybridized carbons (Fsp3) is 0.235. The molecule has 1 aliphatic rings. The second-order valence-corrected chi connectivity index (χ2v) is 6.11. The first-order chi connectivity index (χ1) is 11.4. The van der Waals surface area contributed by atoms with Gasteiger partial charge in [-0.05, 0) is 24.6 Å². The van der Waals surface area contributed by atoms with Crippen molar-refractivity contribution in [2.24, 2.45) is 0 Å². The van der Waals surface area contributed by atoms with Gasteiger partial charge in [0, 0.05) is 30.9 Å². The van der Waals surface area contributed by atoms with Gasteiger partial charge in [0.2, 0.25) is 5.43 Å². The molecule has 6 nitrogen and oxygen atoms in total. The van der Waals surface area contributed by atoms with Gasteiger partial charge in [-0.25, -0.2) is 0 Å². The molecular formula is C17H15ClN2O4. The van der Waals surface area contributed by atoms with Crippen LogP contribution in [0.2, 0.25) is 5.02 Å². The lowest BCUT2D eigenvalue weighted by Gasteiger charge is -2.30. The maximum Gasteiger partial charge on any atom is 0.274 e. The third-order valence-electron chi connectivity index (χ3n) is 4.00. The Hall–Kier alpha value is -2.60. The quantitative estimate of drug-likeness (QED) is 0.863. The van der Waals surface area contributed by atoms with E-state index in [0.717, 1.165) is 5.56 Å². The van der Waals surface area contributed by atoms with Crippen molar-refractivity contribution in [3.05, 3.63) is 62.5 Å². The van der Waals surface area contributed by atoms with Crippen LogP contribution in [0.3, 0.4) is 0 Å². The van der Waals surface area contributed by atoms with Crippen LogP contribution < -0.4 is 5.43 Å². The SMILES string of the molecule is CC(=O)c1cn2c(c(O)c1=O)C(=O)N(Cc1cccc(Cl)c1)CC2. The van der Waals surface area contributed by atoms with Crippen LogP contribution in [0.1, 0.15) is 33.3 Å². The molecule has 1 N–H and O–H groups in total. The zero-order valence-corrected chi connectivity index (χ0v) is 13.7. The van der Waals surface area contributed by atoms with Gasteiger partial charge in [0.05, 0.1) is 5.56 Å². The number of amides is 1. The van der Waals surface area contributed by atoms with Crippen molar-refractivity contribution in [2.45, 2.75) is 20.0 Å². The Morgan fingerprint density at radius 1 is 1.29 bits per heavy atom. The normalized spacial score (nSPS) is 13.8. The van der Waals surface area contributed by atoms with Gasteiger partial charge in [0.15, 0.2) is 17.2 Å². The van der Waals surface area contributed by atoms with E-state index < -0.39 is 22.9 Å². The van der Waals surface area contributed by atoms with Crippen LogP contribution in [-0.4, -0.2) is 32.8 Å². The van der Waals surface area contributed by atoms with Gasteiger partial charge in [-0.3, -0.25) is 14.4 Å². The van der Waals surface area contributed by atoms with Crippen LogP contribution in [0, 0.1) is 0 Å². The minimum Gasteiger partial charge on any atom is -0.503 e. The Morgan fingerprint density at radius 3 is 2.71 bits per heavy atom. The van der Waals surface area contributed by atoms with E-state index in [0.29, 0.717) is 24.7 Å². The first-order valence-electron chi connectivity index (χ1n) is 7.39. The van der Waals surface area contributed by atoms with Crippen molar-refractivity contribution in [3.63, 3.8) is 0 Å². The molecule has 1 aliphatic heterocycles. The average Bonchev–Trinajstić information content (AvgIpc) is 2.53. The number of ketones is 1. The second-order valence-electron chi connectivity index (χ2n) is 5.68. The molecule has 3 rings (SSSR count). The predicted octanol–water partition coefficient (Wildman–Crippen LogP) is 2.07. The smallest absolute Gasteiger partial charge is 0.274 e. The van der Waals surface area contributed by atoms with Gasteiger partial charge in [0.25, 0.3) is 5.91 Å². The molecule has 24 heavy (non-hydrogen) atoms. The topological polar surface area (TPSA) is 79.6 Å². The summed E-state index contributed by atoms with van der Waals surface area (Å²) < 4.78 is 1.46. The fourth-order valence-corrected chi connectivity index (χ4v) is 3.00. The molecule has 0 unspecified atom stereocenters. The number of halogens is 1. The number of fused-ring (bicyclic) bond motifs is 1. The summed E-state index contributed by atoms with van der Waals surface area (Å²) in [5.41, 5.74) is -0.163. The van der Waals surface area contributed by atoms with Crippen molar-refractivity contribution in [3.8, 4) is 5.75 Å². The first-order valence-corrected chi connectivity index (χ1v) is 7.77. The molecule has 124 valence electrons. The average molecular weight is 347 g/mol. The Labute approximate surface area is 142 Å². The lowest BCUT2D eigenvalue weighted by molar-refractivity contribution is 0.0682. The number of aromatic nitrogens is 1. The van der Waals surface area contributed by atoms with Crippen LogP contribution >= 0.6 is 11.6 Å². The van der Waals surface area contributed by atoms with E-state index in [1.54, 1.807) is 18.2 Å². The molecule has 1 aromatic carbocycles. The third kappa shape index (κ3) is 2.80. The summed E-state index contributed by atoms with van der Waals surface area (Å²) in [5.74, 6) is -1.58. The number of aromatic hydroxyl groups is 1. The molecule has 0 bridgehead atoms. The summed E-state index contributed by atoms with van der Waals surface area (Å²) in [5, 5.41) is 10.7. The van der Waals surface area contributed by atoms with Crippen molar-refractivity contribution < 1.29 is 14.7 Å². The molecule has 0 radical (unpaired) electrons. The molecule has 1 amide bonds. The zero-order chi connectivity index (χ0) is 17.4. The lowest BCUT2D eigenvalue weighted by Crippen LogP contribution is -2.41. The molecule has 0 saturated heterocycles. The largest absolute Gasteiger partial charge is 0.503 e. The summed E-state index contributed by atoms with van der Waals surface area (Å²) in [6.07, 6.45) is 1.34. The number of pyridine rings is 1. The number of nitrogens with zero attached hydrogens (tertiary/aromatic N) is 2. The van der Waals surface area contributed by atoms with E-state index in [4.69, 9.17) is 11.6 Å². The second kappa shape index (κ2) is 6.13. The Bertz CT molecular complexity index is 904. The van der Waals surface area contributed by atoms with Crippen LogP contribution in [-0.2, 0) is 13.1 Å². The van der Waals surface area contributed by atoms with Crippen molar-refractivity contribution in [1.82, 2.24) is 9.47 Å². The summed E-state index contributed by atoms with van der Waals surface area (Å²) in [6.45, 7) is 2.36. The van der Waals surface area contributed by atoms with E-state index in [-0.39, 0.29) is 11.3 Å². The van der Waals surface area contributed by atoms with Crippen LogP contribution in [0.25, 0.3) is 0 Å². The number of rotatable bonds is 3. The zero-order valence-electron chi connectivity index (χ0n) is 13.0. The lowest BCUT2D eigenvalue weighted by atomic mass is 10.1. The third-order valence-corrected chi connectivity index (χ3v) is 4.23. The molecule has 7 heteroatoms. The van der Waals surface area contributed by atoms with E-state index in [9.17, 15) is 19.5 Å². The molecule has 1 aromatic heterocycles. The van der Waals surface area contributed by atoms with Gasteiger partial charge in [-0.2, -0.15) is 0 Å². The summed E-state index contributed by atoms with van der Waals surface area (Å²) >= 11 is 5.95. The van der Waals surface area contributed by atoms with Gasteiger partial charge in [0.1, 0.15) is 0 Å². The highest BCUT2D eigenvalue weighted by Crippen LogP contribution is 2.22. The van der Waals surface area contributed by atoms with Crippen molar-refractivity contribution >= 4 is 23.3 Å². The summed E-state index contributed by atoms with van der Waals surface area (Å²) in [7, 11) is 0. The van der Waals surface area contributed by atoms with Gasteiger partial charge in [-0.15, -0.1) is 0 Å². The molecule has 0 aliphatic carbocycles. The molecular weight excluding hydrogens is 332 g/mol. The standard InChI is InChI=1S/C17H15ClN2O4/c1-10(21)13-9-19-5-6-20(8-11-3-2-4-12(18)7-11)17(24)14(19)16(23)15(13)22/h2-4,7,9,23H,5-6,8H2,1H3. The number of carbonyl (C=O) groups is 2. The number of hydrogen-bond acceptors (Lipinski definition) is 4. The number of carbonyl (C=O) groups excluding carboxylic acids is 2.